The first-order valence-corrected chi connectivity index (χ1v) is 11.5. The molecule has 0 radical (unpaired) electrons. The number of hydrogen-bond acceptors (Lipinski definition) is 5. The highest BCUT2D eigenvalue weighted by atomic mass is 16.3. The molecule has 3 heterocycles. The third-order valence-corrected chi connectivity index (χ3v) is 6.71. The molecule has 0 saturated carbocycles. The molecule has 7 nitrogen and oxygen atoms in total. The number of benzene rings is 2. The van der Waals surface area contributed by atoms with Crippen molar-refractivity contribution in [1.29, 1.82) is 0 Å². The smallest absolute Gasteiger partial charge is 0.254 e. The zero-order chi connectivity index (χ0) is 22.8. The predicted molar refractivity (Wildman–Crippen MR) is 126 cm³/mol. The minimum absolute atomic E-state index is 0.0585. The summed E-state index contributed by atoms with van der Waals surface area (Å²) in [5.41, 5.74) is 2.64. The van der Waals surface area contributed by atoms with Gasteiger partial charge in [-0.3, -0.25) is 14.2 Å². The summed E-state index contributed by atoms with van der Waals surface area (Å²) in [6, 6.07) is 18.9. The number of aliphatic hydroxyl groups is 1. The van der Waals surface area contributed by atoms with E-state index in [9.17, 15) is 14.7 Å². The molecule has 2 aliphatic rings. The number of amides is 1. The lowest BCUT2D eigenvalue weighted by atomic mass is 10.0. The fourth-order valence-corrected chi connectivity index (χ4v) is 5.00. The van der Waals surface area contributed by atoms with E-state index < -0.39 is 12.1 Å². The second-order valence-electron chi connectivity index (χ2n) is 8.92. The number of rotatable bonds is 6. The first kappa shape index (κ1) is 21.6. The molecule has 1 aromatic heterocycles. The Kier molecular flexibility index (Phi) is 6.07. The van der Waals surface area contributed by atoms with E-state index in [1.807, 2.05) is 54.6 Å². The van der Waals surface area contributed by atoms with Crippen LogP contribution in [0.2, 0.25) is 0 Å². The lowest BCUT2D eigenvalue weighted by Gasteiger charge is -2.20. The van der Waals surface area contributed by atoms with E-state index in [4.69, 9.17) is 0 Å². The van der Waals surface area contributed by atoms with Crippen molar-refractivity contribution in [3.8, 4) is 0 Å². The number of carbonyl (C=O) groups is 1. The van der Waals surface area contributed by atoms with Crippen LogP contribution >= 0.6 is 0 Å². The highest BCUT2D eigenvalue weighted by molar-refractivity contribution is 5.94. The largest absolute Gasteiger partial charge is 0.387 e. The van der Waals surface area contributed by atoms with Gasteiger partial charge in [0.1, 0.15) is 11.9 Å². The molecule has 1 saturated heterocycles. The van der Waals surface area contributed by atoms with Gasteiger partial charge in [-0.25, -0.2) is 4.98 Å². The quantitative estimate of drug-likeness (QED) is 0.543. The van der Waals surface area contributed by atoms with Crippen molar-refractivity contribution in [3.05, 3.63) is 94.2 Å². The number of fused-ring (bicyclic) bond motifs is 1. The Morgan fingerprint density at radius 3 is 2.67 bits per heavy atom. The summed E-state index contributed by atoms with van der Waals surface area (Å²) in [7, 11) is 0. The summed E-state index contributed by atoms with van der Waals surface area (Å²) < 4.78 is 1.50. The number of aromatic nitrogens is 2. The van der Waals surface area contributed by atoms with Gasteiger partial charge in [0.15, 0.2) is 0 Å². The third kappa shape index (κ3) is 4.60. The maximum atomic E-state index is 12.8. The molecule has 170 valence electrons. The fourth-order valence-electron chi connectivity index (χ4n) is 5.00. The van der Waals surface area contributed by atoms with Crippen molar-refractivity contribution in [2.75, 3.05) is 5.32 Å². The van der Waals surface area contributed by atoms with E-state index >= 15 is 0 Å². The van der Waals surface area contributed by atoms with Crippen LogP contribution in [0.4, 0.5) is 5.69 Å². The molecule has 33 heavy (non-hydrogen) atoms. The first-order chi connectivity index (χ1) is 16.1. The van der Waals surface area contributed by atoms with Crippen LogP contribution in [0, 0.1) is 0 Å². The van der Waals surface area contributed by atoms with Crippen LogP contribution in [0.3, 0.4) is 0 Å². The molecule has 4 atom stereocenters. The van der Waals surface area contributed by atoms with Crippen LogP contribution < -0.4 is 16.2 Å². The number of aryl methyl sites for hydroxylation is 1. The average molecular weight is 445 g/mol. The second kappa shape index (κ2) is 9.29. The van der Waals surface area contributed by atoms with Crippen LogP contribution in [0.15, 0.2) is 71.7 Å². The van der Waals surface area contributed by atoms with E-state index in [-0.39, 0.29) is 17.5 Å². The van der Waals surface area contributed by atoms with Crippen molar-refractivity contribution in [3.63, 3.8) is 0 Å². The standard InChI is InChI=1S/C26H28N4O3/c31-24-14-15-27-23-13-12-22(30(23)24)26(33)29-19-8-6-17(7-9-19)16-20-10-11-21(28-20)25(32)18-4-2-1-3-5-18/h1-9,14-15,20-22,25,28,32H,10-13,16H2,(H,29,33)/t20?,21?,22-,25?/m0/s1. The molecule has 2 aromatic carbocycles. The Morgan fingerprint density at radius 2 is 1.88 bits per heavy atom. The van der Waals surface area contributed by atoms with Gasteiger partial charge in [0.05, 0.1) is 6.10 Å². The molecule has 0 bridgehead atoms. The predicted octanol–water partition coefficient (Wildman–Crippen LogP) is 2.77. The van der Waals surface area contributed by atoms with Crippen molar-refractivity contribution in [2.24, 2.45) is 0 Å². The van der Waals surface area contributed by atoms with Gasteiger partial charge in [-0.1, -0.05) is 42.5 Å². The Labute approximate surface area is 192 Å². The topological polar surface area (TPSA) is 96.2 Å². The zero-order valence-corrected chi connectivity index (χ0v) is 18.4. The SMILES string of the molecule is O=C(Nc1ccc(CC2CCC(C(O)c3ccccc3)N2)cc1)[C@@H]1CCc2nccc(=O)n21. The van der Waals surface area contributed by atoms with Crippen LogP contribution in [0.5, 0.6) is 0 Å². The Morgan fingerprint density at radius 1 is 1.09 bits per heavy atom. The maximum Gasteiger partial charge on any atom is 0.254 e. The van der Waals surface area contributed by atoms with Gasteiger partial charge < -0.3 is 15.7 Å². The van der Waals surface area contributed by atoms with Gasteiger partial charge in [0.2, 0.25) is 5.91 Å². The summed E-state index contributed by atoms with van der Waals surface area (Å²) in [6.45, 7) is 0. The third-order valence-electron chi connectivity index (χ3n) is 6.71. The molecule has 3 unspecified atom stereocenters. The van der Waals surface area contributed by atoms with Gasteiger partial charge in [-0.05, 0) is 48.9 Å². The molecule has 0 spiro atoms. The van der Waals surface area contributed by atoms with E-state index in [0.29, 0.717) is 30.4 Å². The lowest BCUT2D eigenvalue weighted by Crippen LogP contribution is -2.35. The van der Waals surface area contributed by atoms with Crippen molar-refractivity contribution in [2.45, 2.75) is 56.3 Å². The number of aliphatic hydroxyl groups excluding tert-OH is 1. The van der Waals surface area contributed by atoms with Gasteiger partial charge in [-0.2, -0.15) is 0 Å². The summed E-state index contributed by atoms with van der Waals surface area (Å²) >= 11 is 0. The highest BCUT2D eigenvalue weighted by Crippen LogP contribution is 2.27. The Balaban J connectivity index is 1.17. The van der Waals surface area contributed by atoms with Crippen LogP contribution in [0.1, 0.15) is 48.4 Å². The molecular formula is C26H28N4O3. The summed E-state index contributed by atoms with van der Waals surface area (Å²) in [5.74, 6) is 0.476. The van der Waals surface area contributed by atoms with Crippen molar-refractivity contribution < 1.29 is 9.90 Å². The van der Waals surface area contributed by atoms with Gasteiger partial charge in [0, 0.05) is 36.5 Å². The average Bonchev–Trinajstić information content (AvgIpc) is 3.49. The monoisotopic (exact) mass is 444 g/mol. The normalized spacial score (nSPS) is 22.6. The Bertz CT molecular complexity index is 1180. The number of hydrogen-bond donors (Lipinski definition) is 3. The van der Waals surface area contributed by atoms with Crippen molar-refractivity contribution >= 4 is 11.6 Å². The number of nitrogens with one attached hydrogen (secondary N) is 2. The summed E-state index contributed by atoms with van der Waals surface area (Å²) in [5, 5.41) is 17.2. The van der Waals surface area contributed by atoms with E-state index in [2.05, 4.69) is 15.6 Å². The molecule has 0 aliphatic carbocycles. The molecule has 2 aliphatic heterocycles. The van der Waals surface area contributed by atoms with Crippen molar-refractivity contribution in [1.82, 2.24) is 14.9 Å². The molecule has 1 amide bonds. The van der Waals surface area contributed by atoms with Gasteiger partial charge >= 0.3 is 0 Å². The fraction of sp³-hybridized carbons (Fsp3) is 0.346. The maximum absolute atomic E-state index is 12.8. The summed E-state index contributed by atoms with van der Waals surface area (Å²) in [6.07, 6.45) is 5.02. The highest BCUT2D eigenvalue weighted by Gasteiger charge is 2.31. The lowest BCUT2D eigenvalue weighted by molar-refractivity contribution is -0.119. The second-order valence-corrected chi connectivity index (χ2v) is 8.92. The minimum Gasteiger partial charge on any atom is -0.387 e. The molecular weight excluding hydrogens is 416 g/mol. The minimum atomic E-state index is -0.517. The number of carbonyl (C=O) groups excluding carboxylic acids is 1. The first-order valence-electron chi connectivity index (χ1n) is 11.5. The van der Waals surface area contributed by atoms with E-state index in [0.717, 1.165) is 24.8 Å². The van der Waals surface area contributed by atoms with Gasteiger partial charge in [-0.15, -0.1) is 0 Å². The van der Waals surface area contributed by atoms with E-state index in [1.165, 1.54) is 22.4 Å². The van der Waals surface area contributed by atoms with Crippen LogP contribution in [-0.2, 0) is 17.6 Å². The van der Waals surface area contributed by atoms with E-state index in [1.54, 1.807) is 0 Å². The molecule has 3 aromatic rings. The number of nitrogens with zero attached hydrogens (tertiary/aromatic N) is 2. The van der Waals surface area contributed by atoms with Gasteiger partial charge in [0.25, 0.3) is 5.56 Å². The molecule has 5 rings (SSSR count). The molecule has 1 fully saturated rings. The zero-order valence-electron chi connectivity index (χ0n) is 18.4. The van der Waals surface area contributed by atoms with Crippen LogP contribution in [0.25, 0.3) is 0 Å². The Hall–Kier alpha value is -3.29. The summed E-state index contributed by atoms with van der Waals surface area (Å²) in [4.78, 5) is 29.1. The number of anilines is 1. The van der Waals surface area contributed by atoms with Crippen LogP contribution in [-0.4, -0.2) is 32.6 Å². The molecule has 3 N–H and O–H groups in total. The molecule has 7 heteroatoms.